The topological polar surface area (TPSA) is 102 Å². The van der Waals surface area contributed by atoms with E-state index in [2.05, 4.69) is 15.3 Å². The highest BCUT2D eigenvalue weighted by Gasteiger charge is 2.26. The second-order valence-corrected chi connectivity index (χ2v) is 9.23. The molecule has 4 rings (SSSR count). The van der Waals surface area contributed by atoms with Crippen molar-refractivity contribution in [3.63, 3.8) is 0 Å². The van der Waals surface area contributed by atoms with Crippen LogP contribution in [0, 0.1) is 13.8 Å². The van der Waals surface area contributed by atoms with Gasteiger partial charge in [-0.3, -0.25) is 9.78 Å². The predicted octanol–water partition coefficient (Wildman–Crippen LogP) is 4.12. The molecule has 2 aromatic heterocycles. The number of pyridine rings is 1. The van der Waals surface area contributed by atoms with Crippen molar-refractivity contribution >= 4 is 15.7 Å². The maximum Gasteiger partial charge on any atom is 0.252 e. The molecule has 2 heterocycles. The number of aromatic nitrogens is 2. The largest absolute Gasteiger partial charge is 0.444 e. The maximum atomic E-state index is 13.3. The molecule has 0 saturated carbocycles. The van der Waals surface area contributed by atoms with E-state index >= 15 is 0 Å². The molecule has 1 amide bonds. The Balaban J connectivity index is 1.77. The molecule has 0 aliphatic heterocycles. The standard InChI is InChI=1S/C24H21N3O4S/c1-16-5-7-19(8-6-16)32(29,30)21-10-9-20(22(17(21)2)24-26-12-13-31-24)23(28)27-15-18-4-3-11-25-14-18/h3-14H,15H2,1-2H3,(H,27,28). The number of benzene rings is 2. The number of hydrogen-bond donors (Lipinski definition) is 1. The van der Waals surface area contributed by atoms with Gasteiger partial charge in [-0.15, -0.1) is 0 Å². The minimum absolute atomic E-state index is 0.0957. The molecule has 0 radical (unpaired) electrons. The van der Waals surface area contributed by atoms with Gasteiger partial charge in [0.15, 0.2) is 0 Å². The van der Waals surface area contributed by atoms with Gasteiger partial charge in [-0.05, 0) is 55.3 Å². The summed E-state index contributed by atoms with van der Waals surface area (Å²) < 4.78 is 32.1. The lowest BCUT2D eigenvalue weighted by Gasteiger charge is -2.15. The Hall–Kier alpha value is -3.78. The molecule has 2 aromatic carbocycles. The molecule has 0 bridgehead atoms. The van der Waals surface area contributed by atoms with E-state index in [4.69, 9.17) is 4.42 Å². The Bertz CT molecular complexity index is 1350. The molecule has 1 N–H and O–H groups in total. The van der Waals surface area contributed by atoms with E-state index < -0.39 is 9.84 Å². The van der Waals surface area contributed by atoms with Crippen molar-refractivity contribution in [2.24, 2.45) is 0 Å². The average Bonchev–Trinajstić information content (AvgIpc) is 3.32. The second-order valence-electron chi connectivity index (χ2n) is 7.31. The first kappa shape index (κ1) is 21.5. The van der Waals surface area contributed by atoms with Gasteiger partial charge in [0.05, 0.1) is 27.1 Å². The third-order valence-electron chi connectivity index (χ3n) is 5.10. The lowest BCUT2D eigenvalue weighted by molar-refractivity contribution is 0.0951. The Morgan fingerprint density at radius 2 is 1.81 bits per heavy atom. The molecule has 7 nitrogen and oxygen atoms in total. The Kier molecular flexibility index (Phi) is 5.87. The molecule has 0 atom stereocenters. The summed E-state index contributed by atoms with van der Waals surface area (Å²) in [6.07, 6.45) is 6.15. The summed E-state index contributed by atoms with van der Waals surface area (Å²) in [7, 11) is -3.81. The van der Waals surface area contributed by atoms with Crippen LogP contribution in [0.15, 0.2) is 87.6 Å². The van der Waals surface area contributed by atoms with E-state index in [1.165, 1.54) is 24.6 Å². The number of nitrogens with zero attached hydrogens (tertiary/aromatic N) is 2. The first-order valence-electron chi connectivity index (χ1n) is 9.90. The van der Waals surface area contributed by atoms with Crippen LogP contribution in [0.25, 0.3) is 11.5 Å². The van der Waals surface area contributed by atoms with E-state index in [0.29, 0.717) is 11.1 Å². The highest BCUT2D eigenvalue weighted by atomic mass is 32.2. The number of amides is 1. The van der Waals surface area contributed by atoms with E-state index in [1.54, 1.807) is 49.6 Å². The van der Waals surface area contributed by atoms with Gasteiger partial charge < -0.3 is 9.73 Å². The van der Waals surface area contributed by atoms with Crippen molar-refractivity contribution in [2.45, 2.75) is 30.2 Å². The highest BCUT2D eigenvalue weighted by molar-refractivity contribution is 7.91. The van der Waals surface area contributed by atoms with Crippen LogP contribution in [-0.4, -0.2) is 24.3 Å². The predicted molar refractivity (Wildman–Crippen MR) is 119 cm³/mol. The number of hydrogen-bond acceptors (Lipinski definition) is 6. The number of sulfone groups is 1. The molecular weight excluding hydrogens is 426 g/mol. The minimum Gasteiger partial charge on any atom is -0.444 e. The number of nitrogens with one attached hydrogen (secondary N) is 1. The molecule has 8 heteroatoms. The van der Waals surface area contributed by atoms with Gasteiger partial charge in [0.1, 0.15) is 6.26 Å². The van der Waals surface area contributed by atoms with E-state index in [0.717, 1.165) is 11.1 Å². The quantitative estimate of drug-likeness (QED) is 0.477. The Labute approximate surface area is 186 Å². The summed E-state index contributed by atoms with van der Waals surface area (Å²) >= 11 is 0. The number of rotatable bonds is 6. The fraction of sp³-hybridized carbons (Fsp3) is 0.125. The van der Waals surface area contributed by atoms with Crippen LogP contribution in [-0.2, 0) is 16.4 Å². The Morgan fingerprint density at radius 3 is 2.47 bits per heavy atom. The van der Waals surface area contributed by atoms with Crippen LogP contribution in [0.3, 0.4) is 0 Å². The fourth-order valence-corrected chi connectivity index (χ4v) is 4.92. The fourth-order valence-electron chi connectivity index (χ4n) is 3.42. The third-order valence-corrected chi connectivity index (χ3v) is 7.02. The van der Waals surface area contributed by atoms with E-state index in [-0.39, 0.29) is 33.7 Å². The summed E-state index contributed by atoms with van der Waals surface area (Å²) in [6.45, 7) is 3.82. The van der Waals surface area contributed by atoms with E-state index in [9.17, 15) is 13.2 Å². The third kappa shape index (κ3) is 4.17. The molecule has 0 fully saturated rings. The SMILES string of the molecule is Cc1ccc(S(=O)(=O)c2ccc(C(=O)NCc3cccnc3)c(-c3ncco3)c2C)cc1. The van der Waals surface area contributed by atoms with Gasteiger partial charge in [-0.2, -0.15) is 0 Å². The zero-order valence-corrected chi connectivity index (χ0v) is 18.4. The number of aryl methyl sites for hydroxylation is 1. The van der Waals surface area contributed by atoms with Crippen molar-refractivity contribution in [1.29, 1.82) is 0 Å². The summed E-state index contributed by atoms with van der Waals surface area (Å²) in [6, 6.07) is 13.2. The summed E-state index contributed by atoms with van der Waals surface area (Å²) in [5.74, 6) is -0.195. The molecule has 162 valence electrons. The lowest BCUT2D eigenvalue weighted by atomic mass is 10.0. The lowest BCUT2D eigenvalue weighted by Crippen LogP contribution is -2.24. The first-order chi connectivity index (χ1) is 15.4. The van der Waals surface area contributed by atoms with Crippen LogP contribution in [0.4, 0.5) is 0 Å². The van der Waals surface area contributed by atoms with Gasteiger partial charge in [0.25, 0.3) is 5.91 Å². The smallest absolute Gasteiger partial charge is 0.252 e. The summed E-state index contributed by atoms with van der Waals surface area (Å²) in [4.78, 5) is 21.5. The minimum atomic E-state index is -3.81. The van der Waals surface area contributed by atoms with Crippen molar-refractivity contribution in [3.8, 4) is 11.5 Å². The maximum absolute atomic E-state index is 13.3. The first-order valence-corrected chi connectivity index (χ1v) is 11.4. The molecule has 32 heavy (non-hydrogen) atoms. The van der Waals surface area contributed by atoms with Crippen LogP contribution in [0.2, 0.25) is 0 Å². The highest BCUT2D eigenvalue weighted by Crippen LogP contribution is 2.33. The van der Waals surface area contributed by atoms with Crippen LogP contribution in [0.5, 0.6) is 0 Å². The molecule has 0 spiro atoms. The number of carbonyl (C=O) groups excluding carboxylic acids is 1. The zero-order valence-electron chi connectivity index (χ0n) is 17.6. The number of carbonyl (C=O) groups is 1. The van der Waals surface area contributed by atoms with Gasteiger partial charge >= 0.3 is 0 Å². The van der Waals surface area contributed by atoms with Gasteiger partial charge in [0, 0.05) is 18.9 Å². The van der Waals surface area contributed by atoms with Crippen LogP contribution in [0.1, 0.15) is 27.0 Å². The van der Waals surface area contributed by atoms with Crippen molar-refractivity contribution in [2.75, 3.05) is 0 Å². The molecule has 0 unspecified atom stereocenters. The molecule has 4 aromatic rings. The van der Waals surface area contributed by atoms with Crippen LogP contribution < -0.4 is 5.32 Å². The van der Waals surface area contributed by atoms with Gasteiger partial charge in [-0.1, -0.05) is 23.8 Å². The zero-order chi connectivity index (χ0) is 22.7. The van der Waals surface area contributed by atoms with Crippen molar-refractivity contribution < 1.29 is 17.6 Å². The monoisotopic (exact) mass is 447 g/mol. The molecule has 0 aliphatic rings. The Morgan fingerprint density at radius 1 is 1.03 bits per heavy atom. The van der Waals surface area contributed by atoms with E-state index in [1.807, 2.05) is 13.0 Å². The van der Waals surface area contributed by atoms with Gasteiger partial charge in [-0.25, -0.2) is 13.4 Å². The average molecular weight is 448 g/mol. The molecular formula is C24H21N3O4S. The summed E-state index contributed by atoms with van der Waals surface area (Å²) in [5.41, 5.74) is 2.81. The number of oxazole rings is 1. The normalized spacial score (nSPS) is 11.3. The second kappa shape index (κ2) is 8.76. The van der Waals surface area contributed by atoms with Crippen molar-refractivity contribution in [3.05, 3.63) is 95.6 Å². The molecule has 0 saturated heterocycles. The van der Waals surface area contributed by atoms with Crippen molar-refractivity contribution in [1.82, 2.24) is 15.3 Å². The summed E-state index contributed by atoms with van der Waals surface area (Å²) in [5, 5.41) is 2.84. The molecule has 0 aliphatic carbocycles. The van der Waals surface area contributed by atoms with Gasteiger partial charge in [0.2, 0.25) is 15.7 Å². The van der Waals surface area contributed by atoms with Crippen LogP contribution >= 0.6 is 0 Å².